The molecule has 0 bridgehead atoms. The van der Waals surface area contributed by atoms with Gasteiger partial charge in [0.1, 0.15) is 6.10 Å². The number of esters is 1. The number of piperidine rings is 1. The van der Waals surface area contributed by atoms with Crippen molar-refractivity contribution in [3.8, 4) is 0 Å². The van der Waals surface area contributed by atoms with Crippen molar-refractivity contribution < 1.29 is 14.5 Å². The van der Waals surface area contributed by atoms with Gasteiger partial charge in [0.05, 0.1) is 10.5 Å². The number of hydrogen-bond acceptors (Lipinski definition) is 5. The maximum atomic E-state index is 12.5. The molecule has 3 rings (SSSR count). The smallest absolute Gasteiger partial charge is 0.338 e. The number of hydrogen-bond donors (Lipinski definition) is 0. The average molecular weight is 360 g/mol. The molecule has 0 aromatic heterocycles. The van der Waals surface area contributed by atoms with Crippen molar-refractivity contribution in [1.29, 1.82) is 0 Å². The van der Waals surface area contributed by atoms with Crippen LogP contribution in [0.5, 0.6) is 0 Å². The van der Waals surface area contributed by atoms with E-state index in [4.69, 9.17) is 4.74 Å². The zero-order chi connectivity index (χ0) is 18.4. The maximum Gasteiger partial charge on any atom is 0.338 e. The highest BCUT2D eigenvalue weighted by atomic mass is 16.6. The van der Waals surface area contributed by atoms with Crippen LogP contribution >= 0.6 is 0 Å². The Bertz CT molecular complexity index is 611. The third kappa shape index (κ3) is 5.04. The summed E-state index contributed by atoms with van der Waals surface area (Å²) >= 11 is 0. The van der Waals surface area contributed by atoms with Gasteiger partial charge in [0.2, 0.25) is 0 Å². The summed E-state index contributed by atoms with van der Waals surface area (Å²) in [7, 11) is 0. The first kappa shape index (κ1) is 18.8. The lowest BCUT2D eigenvalue weighted by molar-refractivity contribution is -0.384. The summed E-state index contributed by atoms with van der Waals surface area (Å²) < 4.78 is 5.88. The molecule has 0 N–H and O–H groups in total. The number of likely N-dealkylation sites (tertiary alicyclic amines) is 1. The zero-order valence-corrected chi connectivity index (χ0v) is 15.3. The molecule has 2 atom stereocenters. The molecule has 1 aromatic carbocycles. The molecule has 1 heterocycles. The van der Waals surface area contributed by atoms with Crippen LogP contribution in [-0.4, -0.2) is 41.5 Å². The Labute approximate surface area is 154 Å². The van der Waals surface area contributed by atoms with E-state index < -0.39 is 4.92 Å². The highest BCUT2D eigenvalue weighted by Crippen LogP contribution is 2.28. The Morgan fingerprint density at radius 2 is 1.69 bits per heavy atom. The fourth-order valence-electron chi connectivity index (χ4n) is 4.11. The summed E-state index contributed by atoms with van der Waals surface area (Å²) in [6.07, 6.45) is 9.30. The molecule has 1 unspecified atom stereocenters. The van der Waals surface area contributed by atoms with Crippen molar-refractivity contribution in [3.63, 3.8) is 0 Å². The number of ether oxygens (including phenoxy) is 1. The molecule has 2 fully saturated rings. The average Bonchev–Trinajstić information content (AvgIpc) is 2.88. The molecule has 1 aliphatic heterocycles. The predicted octanol–water partition coefficient (Wildman–Crippen LogP) is 4.19. The van der Waals surface area contributed by atoms with Gasteiger partial charge in [-0.3, -0.25) is 10.1 Å². The van der Waals surface area contributed by atoms with Gasteiger partial charge in [-0.15, -0.1) is 0 Å². The van der Waals surface area contributed by atoms with Crippen LogP contribution in [0.2, 0.25) is 0 Å². The van der Waals surface area contributed by atoms with Crippen LogP contribution in [0.4, 0.5) is 5.69 Å². The summed E-state index contributed by atoms with van der Waals surface area (Å²) in [5.41, 5.74) is 0.371. The summed E-state index contributed by atoms with van der Waals surface area (Å²) in [6.45, 7) is 3.32. The van der Waals surface area contributed by atoms with E-state index in [-0.39, 0.29) is 17.8 Å². The van der Waals surface area contributed by atoms with Crippen molar-refractivity contribution in [2.24, 2.45) is 5.92 Å². The number of benzene rings is 1. The Morgan fingerprint density at radius 1 is 1.04 bits per heavy atom. The Hall–Kier alpha value is -1.95. The standard InChI is InChI=1S/C20H28N2O4/c23-20(16-9-11-18(12-10-16)22(24)25)26-19-8-4-1-3-7-17(19)15-21-13-5-2-6-14-21/h9-12,17,19H,1-8,13-15H2/t17?,19-/m1/s1. The van der Waals surface area contributed by atoms with Gasteiger partial charge in [-0.1, -0.05) is 19.3 Å². The summed E-state index contributed by atoms with van der Waals surface area (Å²) in [5, 5.41) is 10.8. The van der Waals surface area contributed by atoms with Crippen molar-refractivity contribution in [3.05, 3.63) is 39.9 Å². The largest absolute Gasteiger partial charge is 0.458 e. The van der Waals surface area contributed by atoms with E-state index in [0.29, 0.717) is 11.5 Å². The van der Waals surface area contributed by atoms with Crippen molar-refractivity contribution in [2.45, 2.75) is 57.5 Å². The van der Waals surface area contributed by atoms with Crippen molar-refractivity contribution in [2.75, 3.05) is 19.6 Å². The highest BCUT2D eigenvalue weighted by molar-refractivity contribution is 5.89. The maximum absolute atomic E-state index is 12.5. The van der Waals surface area contributed by atoms with Crippen LogP contribution in [-0.2, 0) is 4.74 Å². The quantitative estimate of drug-likeness (QED) is 0.341. The van der Waals surface area contributed by atoms with Crippen LogP contribution in [0.3, 0.4) is 0 Å². The molecule has 0 radical (unpaired) electrons. The number of nitro groups is 1. The molecular weight excluding hydrogens is 332 g/mol. The molecule has 0 amide bonds. The second kappa shape index (κ2) is 9.12. The summed E-state index contributed by atoms with van der Waals surface area (Å²) in [5.74, 6) is 0.0213. The molecule has 6 nitrogen and oxygen atoms in total. The molecule has 142 valence electrons. The van der Waals surface area contributed by atoms with E-state index in [1.807, 2.05) is 0 Å². The van der Waals surface area contributed by atoms with Crippen LogP contribution in [0.15, 0.2) is 24.3 Å². The lowest BCUT2D eigenvalue weighted by atomic mass is 9.95. The SMILES string of the molecule is O=C(O[C@@H]1CCCCCC1CN1CCCCC1)c1ccc([N+](=O)[O-])cc1. The molecule has 26 heavy (non-hydrogen) atoms. The minimum absolute atomic E-state index is 0.0148. The topological polar surface area (TPSA) is 72.7 Å². The van der Waals surface area contributed by atoms with Gasteiger partial charge in [0.15, 0.2) is 0 Å². The van der Waals surface area contributed by atoms with Crippen LogP contribution in [0, 0.1) is 16.0 Å². The molecule has 6 heteroatoms. The Morgan fingerprint density at radius 3 is 2.38 bits per heavy atom. The second-order valence-corrected chi connectivity index (χ2v) is 7.51. The Kier molecular flexibility index (Phi) is 6.61. The minimum atomic E-state index is -0.463. The van der Waals surface area contributed by atoms with E-state index in [0.717, 1.165) is 38.9 Å². The van der Waals surface area contributed by atoms with Gasteiger partial charge in [-0.05, 0) is 57.3 Å². The lowest BCUT2D eigenvalue weighted by Gasteiger charge is -2.33. The summed E-state index contributed by atoms with van der Waals surface area (Å²) in [6, 6.07) is 5.68. The molecule has 1 aliphatic carbocycles. The second-order valence-electron chi connectivity index (χ2n) is 7.51. The van der Waals surface area contributed by atoms with E-state index in [2.05, 4.69) is 4.90 Å². The van der Waals surface area contributed by atoms with E-state index in [1.54, 1.807) is 0 Å². The van der Waals surface area contributed by atoms with Gasteiger partial charge in [0.25, 0.3) is 5.69 Å². The van der Waals surface area contributed by atoms with Crippen LogP contribution < -0.4 is 0 Å². The first-order valence-electron chi connectivity index (χ1n) is 9.81. The number of nitrogens with zero attached hydrogens (tertiary/aromatic N) is 2. The normalized spacial score (nSPS) is 24.6. The lowest BCUT2D eigenvalue weighted by Crippen LogP contribution is -2.39. The number of nitro benzene ring substituents is 1. The van der Waals surface area contributed by atoms with Crippen molar-refractivity contribution >= 4 is 11.7 Å². The highest BCUT2D eigenvalue weighted by Gasteiger charge is 2.29. The molecule has 1 saturated carbocycles. The monoisotopic (exact) mass is 360 g/mol. The molecule has 2 aliphatic rings. The predicted molar refractivity (Wildman–Crippen MR) is 99.2 cm³/mol. The fraction of sp³-hybridized carbons (Fsp3) is 0.650. The summed E-state index contributed by atoms with van der Waals surface area (Å²) in [4.78, 5) is 25.3. The third-order valence-electron chi connectivity index (χ3n) is 5.60. The van der Waals surface area contributed by atoms with Gasteiger partial charge in [-0.25, -0.2) is 4.79 Å². The first-order valence-corrected chi connectivity index (χ1v) is 9.81. The van der Waals surface area contributed by atoms with E-state index >= 15 is 0 Å². The number of non-ortho nitro benzene ring substituents is 1. The van der Waals surface area contributed by atoms with E-state index in [1.165, 1.54) is 56.4 Å². The molecule has 0 spiro atoms. The number of carbonyl (C=O) groups excluding carboxylic acids is 1. The Balaban J connectivity index is 1.63. The molecular formula is C20H28N2O4. The van der Waals surface area contributed by atoms with Gasteiger partial charge < -0.3 is 9.64 Å². The van der Waals surface area contributed by atoms with Crippen molar-refractivity contribution in [1.82, 2.24) is 4.90 Å². The first-order chi connectivity index (χ1) is 12.6. The number of carbonyl (C=O) groups is 1. The fourth-order valence-corrected chi connectivity index (χ4v) is 4.11. The van der Waals surface area contributed by atoms with Crippen LogP contribution in [0.1, 0.15) is 61.7 Å². The minimum Gasteiger partial charge on any atom is -0.458 e. The van der Waals surface area contributed by atoms with Gasteiger partial charge in [-0.2, -0.15) is 0 Å². The molecule has 1 saturated heterocycles. The third-order valence-corrected chi connectivity index (χ3v) is 5.60. The number of rotatable bonds is 5. The van der Waals surface area contributed by atoms with E-state index in [9.17, 15) is 14.9 Å². The van der Waals surface area contributed by atoms with Crippen LogP contribution in [0.25, 0.3) is 0 Å². The zero-order valence-electron chi connectivity index (χ0n) is 15.3. The molecule has 1 aromatic rings. The van der Waals surface area contributed by atoms with Gasteiger partial charge >= 0.3 is 5.97 Å². The van der Waals surface area contributed by atoms with Gasteiger partial charge in [0, 0.05) is 24.6 Å².